The molecule has 2 aromatic rings. The van der Waals surface area contributed by atoms with Crippen LogP contribution < -0.4 is 10.2 Å². The van der Waals surface area contributed by atoms with E-state index in [1.807, 2.05) is 0 Å². The monoisotopic (exact) mass is 276 g/mol. The van der Waals surface area contributed by atoms with Crippen molar-refractivity contribution in [2.24, 2.45) is 0 Å². The summed E-state index contributed by atoms with van der Waals surface area (Å²) < 4.78 is 4.04. The zero-order chi connectivity index (χ0) is 13.7. The number of hydrogen-bond donors (Lipinski definition) is 1. The number of nitrogens with one attached hydrogen (secondary N) is 1. The van der Waals surface area contributed by atoms with Crippen molar-refractivity contribution in [3.63, 3.8) is 0 Å². The largest absolute Gasteiger partial charge is 0.374 e. The van der Waals surface area contributed by atoms with E-state index < -0.39 is 0 Å². The average Bonchev–Trinajstić information content (AvgIpc) is 2.84. The lowest BCUT2D eigenvalue weighted by Crippen LogP contribution is -2.17. The van der Waals surface area contributed by atoms with Crippen LogP contribution in [-0.4, -0.2) is 23.2 Å². The first-order valence-electron chi connectivity index (χ1n) is 6.53. The Bertz CT molecular complexity index is 506. The van der Waals surface area contributed by atoms with Gasteiger partial charge in [-0.2, -0.15) is 0 Å². The molecule has 0 atom stereocenters. The molecule has 0 saturated carbocycles. The van der Waals surface area contributed by atoms with Gasteiger partial charge < -0.3 is 10.2 Å². The van der Waals surface area contributed by atoms with Crippen molar-refractivity contribution in [3.05, 3.63) is 35.5 Å². The molecular formula is C14H20N4S. The Morgan fingerprint density at radius 2 is 2.00 bits per heavy atom. The standard InChI is InChI=1S/C14H20N4S/c1-4-9-15-14-13(16-17-19-14)10-18(3)12-7-5-11(2)6-8-12/h5-8,15H,4,9-10H2,1-3H3. The molecule has 0 spiro atoms. The molecule has 0 saturated heterocycles. The van der Waals surface area contributed by atoms with Gasteiger partial charge in [0.2, 0.25) is 0 Å². The van der Waals surface area contributed by atoms with E-state index in [1.54, 1.807) is 0 Å². The third-order valence-corrected chi connectivity index (χ3v) is 3.68. The van der Waals surface area contributed by atoms with Crippen LogP contribution in [0.25, 0.3) is 0 Å². The smallest absolute Gasteiger partial charge is 0.135 e. The molecule has 0 aliphatic rings. The molecule has 1 N–H and O–H groups in total. The average molecular weight is 276 g/mol. The molecule has 0 unspecified atom stereocenters. The Morgan fingerprint density at radius 1 is 1.26 bits per heavy atom. The topological polar surface area (TPSA) is 41.1 Å². The summed E-state index contributed by atoms with van der Waals surface area (Å²) in [6, 6.07) is 8.52. The van der Waals surface area contributed by atoms with E-state index in [0.717, 1.165) is 30.2 Å². The fourth-order valence-corrected chi connectivity index (χ4v) is 2.40. The van der Waals surface area contributed by atoms with Gasteiger partial charge in [0.25, 0.3) is 0 Å². The van der Waals surface area contributed by atoms with Crippen LogP contribution in [0.15, 0.2) is 24.3 Å². The first-order chi connectivity index (χ1) is 9.20. The molecule has 19 heavy (non-hydrogen) atoms. The summed E-state index contributed by atoms with van der Waals surface area (Å²) in [5.74, 6) is 0. The van der Waals surface area contributed by atoms with Gasteiger partial charge in [0.15, 0.2) is 0 Å². The predicted octanol–water partition coefficient (Wildman–Crippen LogP) is 3.30. The molecule has 1 heterocycles. The Kier molecular flexibility index (Phi) is 4.74. The van der Waals surface area contributed by atoms with Crippen molar-refractivity contribution in [2.45, 2.75) is 26.8 Å². The van der Waals surface area contributed by atoms with Crippen LogP contribution in [0.2, 0.25) is 0 Å². The van der Waals surface area contributed by atoms with Gasteiger partial charge in [0.1, 0.15) is 10.7 Å². The summed E-state index contributed by atoms with van der Waals surface area (Å²) in [6.07, 6.45) is 1.10. The maximum atomic E-state index is 4.22. The van der Waals surface area contributed by atoms with Gasteiger partial charge in [-0.3, -0.25) is 0 Å². The van der Waals surface area contributed by atoms with E-state index in [2.05, 4.69) is 65.0 Å². The summed E-state index contributed by atoms with van der Waals surface area (Å²) in [5.41, 5.74) is 3.49. The Labute approximate surface area is 118 Å². The SMILES string of the molecule is CCCNc1snnc1CN(C)c1ccc(C)cc1. The van der Waals surface area contributed by atoms with Crippen molar-refractivity contribution in [1.29, 1.82) is 0 Å². The number of aromatic nitrogens is 2. The number of benzene rings is 1. The molecule has 0 fully saturated rings. The minimum absolute atomic E-state index is 0.769. The first-order valence-corrected chi connectivity index (χ1v) is 7.31. The van der Waals surface area contributed by atoms with Gasteiger partial charge >= 0.3 is 0 Å². The van der Waals surface area contributed by atoms with Crippen LogP contribution in [0.3, 0.4) is 0 Å². The molecule has 4 nitrogen and oxygen atoms in total. The van der Waals surface area contributed by atoms with E-state index in [9.17, 15) is 0 Å². The Hall–Kier alpha value is -1.62. The molecule has 2 rings (SSSR count). The number of nitrogens with zero attached hydrogens (tertiary/aromatic N) is 3. The van der Waals surface area contributed by atoms with E-state index in [0.29, 0.717) is 0 Å². The van der Waals surface area contributed by atoms with Crippen molar-refractivity contribution < 1.29 is 0 Å². The molecule has 0 aliphatic carbocycles. The number of anilines is 2. The van der Waals surface area contributed by atoms with Crippen LogP contribution in [-0.2, 0) is 6.54 Å². The normalized spacial score (nSPS) is 10.5. The van der Waals surface area contributed by atoms with Gasteiger partial charge in [-0.05, 0) is 25.5 Å². The van der Waals surface area contributed by atoms with Crippen LogP contribution in [0.4, 0.5) is 10.7 Å². The Balaban J connectivity index is 2.04. The first kappa shape index (κ1) is 13.8. The summed E-state index contributed by atoms with van der Waals surface area (Å²) in [4.78, 5) is 2.19. The summed E-state index contributed by atoms with van der Waals surface area (Å²) >= 11 is 1.43. The van der Waals surface area contributed by atoms with Crippen LogP contribution >= 0.6 is 11.5 Å². The third-order valence-electron chi connectivity index (χ3n) is 2.95. The van der Waals surface area contributed by atoms with Crippen molar-refractivity contribution in [2.75, 3.05) is 23.8 Å². The molecule has 5 heteroatoms. The Morgan fingerprint density at radius 3 is 2.68 bits per heavy atom. The quantitative estimate of drug-likeness (QED) is 0.879. The molecule has 0 radical (unpaired) electrons. The van der Waals surface area contributed by atoms with Gasteiger partial charge in [-0.25, -0.2) is 0 Å². The highest BCUT2D eigenvalue weighted by atomic mass is 32.1. The third kappa shape index (κ3) is 3.67. The molecule has 1 aromatic carbocycles. The zero-order valence-electron chi connectivity index (χ0n) is 11.7. The molecule has 1 aromatic heterocycles. The van der Waals surface area contributed by atoms with Gasteiger partial charge in [0.05, 0.1) is 6.54 Å². The minimum atomic E-state index is 0.769. The van der Waals surface area contributed by atoms with Crippen LogP contribution in [0, 0.1) is 6.92 Å². The fraction of sp³-hybridized carbons (Fsp3) is 0.429. The lowest BCUT2D eigenvalue weighted by atomic mass is 10.2. The maximum absolute atomic E-state index is 4.22. The highest BCUT2D eigenvalue weighted by Crippen LogP contribution is 2.22. The lowest BCUT2D eigenvalue weighted by molar-refractivity contribution is 0.869. The number of rotatable bonds is 6. The predicted molar refractivity (Wildman–Crippen MR) is 82.0 cm³/mol. The number of aryl methyl sites for hydroxylation is 1. The van der Waals surface area contributed by atoms with Crippen molar-refractivity contribution in [1.82, 2.24) is 9.59 Å². The van der Waals surface area contributed by atoms with Crippen molar-refractivity contribution in [3.8, 4) is 0 Å². The maximum Gasteiger partial charge on any atom is 0.135 e. The van der Waals surface area contributed by atoms with E-state index >= 15 is 0 Å². The second-order valence-corrected chi connectivity index (χ2v) is 5.42. The molecular weight excluding hydrogens is 256 g/mol. The summed E-state index contributed by atoms with van der Waals surface area (Å²) in [7, 11) is 2.08. The highest BCUT2D eigenvalue weighted by molar-refractivity contribution is 7.10. The van der Waals surface area contributed by atoms with Crippen LogP contribution in [0.5, 0.6) is 0 Å². The molecule has 102 valence electrons. The minimum Gasteiger partial charge on any atom is -0.374 e. The van der Waals surface area contributed by atoms with E-state index in [4.69, 9.17) is 0 Å². The number of hydrogen-bond acceptors (Lipinski definition) is 5. The van der Waals surface area contributed by atoms with Gasteiger partial charge in [-0.15, -0.1) is 5.10 Å². The van der Waals surface area contributed by atoms with Gasteiger partial charge in [-0.1, -0.05) is 29.1 Å². The molecule has 0 aliphatic heterocycles. The second-order valence-electron chi connectivity index (χ2n) is 4.67. The van der Waals surface area contributed by atoms with Gasteiger partial charge in [0, 0.05) is 30.8 Å². The summed E-state index contributed by atoms with van der Waals surface area (Å²) in [6.45, 7) is 5.98. The fourth-order valence-electron chi connectivity index (χ4n) is 1.80. The van der Waals surface area contributed by atoms with Crippen LogP contribution in [0.1, 0.15) is 24.6 Å². The lowest BCUT2D eigenvalue weighted by Gasteiger charge is -2.18. The zero-order valence-corrected chi connectivity index (χ0v) is 12.5. The molecule has 0 bridgehead atoms. The highest BCUT2D eigenvalue weighted by Gasteiger charge is 2.10. The van der Waals surface area contributed by atoms with E-state index in [1.165, 1.54) is 22.8 Å². The van der Waals surface area contributed by atoms with E-state index in [-0.39, 0.29) is 0 Å². The summed E-state index contributed by atoms with van der Waals surface area (Å²) in [5, 5.41) is 8.68. The van der Waals surface area contributed by atoms with Crippen molar-refractivity contribution >= 4 is 22.2 Å². The second kappa shape index (κ2) is 6.52. The molecule has 0 amide bonds.